The van der Waals surface area contributed by atoms with Crippen molar-refractivity contribution in [2.24, 2.45) is 17.3 Å². The number of para-hydroxylation sites is 1. The molecule has 0 aliphatic carbocycles. The van der Waals surface area contributed by atoms with Gasteiger partial charge in [-0.2, -0.15) is 0 Å². The van der Waals surface area contributed by atoms with Crippen LogP contribution in [0.15, 0.2) is 24.3 Å². The van der Waals surface area contributed by atoms with E-state index < -0.39 is 0 Å². The summed E-state index contributed by atoms with van der Waals surface area (Å²) >= 11 is 0. The molecule has 1 N–H and O–H groups in total. The second-order valence-corrected chi connectivity index (χ2v) is 8.05. The van der Waals surface area contributed by atoms with E-state index in [1.54, 1.807) is 0 Å². The van der Waals surface area contributed by atoms with Gasteiger partial charge in [0.2, 0.25) is 0 Å². The van der Waals surface area contributed by atoms with Crippen molar-refractivity contribution in [2.45, 2.75) is 40.0 Å². The molecule has 2 heterocycles. The number of hydrogen-bond donors (Lipinski definition) is 1. The molecule has 0 bridgehead atoms. The maximum Gasteiger partial charge on any atom is 0.0372 e. The van der Waals surface area contributed by atoms with Gasteiger partial charge in [-0.25, -0.2) is 0 Å². The molecule has 21 heavy (non-hydrogen) atoms. The van der Waals surface area contributed by atoms with E-state index in [1.165, 1.54) is 50.1 Å². The highest BCUT2D eigenvalue weighted by molar-refractivity contribution is 5.53. The van der Waals surface area contributed by atoms with Gasteiger partial charge in [-0.3, -0.25) is 0 Å². The molecule has 0 aromatic heterocycles. The molecule has 0 spiro atoms. The normalized spacial score (nSPS) is 24.4. The minimum Gasteiger partial charge on any atom is -0.384 e. The van der Waals surface area contributed by atoms with Crippen LogP contribution in [0.5, 0.6) is 0 Å². The lowest BCUT2D eigenvalue weighted by molar-refractivity contribution is 0.102. The number of rotatable bonds is 2. The Hall–Kier alpha value is -1.02. The first kappa shape index (κ1) is 14.9. The van der Waals surface area contributed by atoms with E-state index in [0.29, 0.717) is 5.41 Å². The highest BCUT2D eigenvalue weighted by Crippen LogP contribution is 2.34. The standard InChI is InChI=1S/C19H30N2/c1-19(2,3)17-8-10-21(11-9-17)14-15-12-16-6-4-5-7-18(16)20-13-15/h4-7,15,17,20H,8-14H2,1-3H3. The summed E-state index contributed by atoms with van der Waals surface area (Å²) in [5.41, 5.74) is 3.33. The minimum atomic E-state index is 0.484. The summed E-state index contributed by atoms with van der Waals surface area (Å²) in [6.45, 7) is 12.2. The lowest BCUT2D eigenvalue weighted by atomic mass is 9.75. The van der Waals surface area contributed by atoms with Crippen molar-refractivity contribution in [3.63, 3.8) is 0 Å². The Morgan fingerprint density at radius 1 is 1.14 bits per heavy atom. The molecule has 0 amide bonds. The van der Waals surface area contributed by atoms with Crippen molar-refractivity contribution in [3.05, 3.63) is 29.8 Å². The van der Waals surface area contributed by atoms with E-state index in [0.717, 1.165) is 18.4 Å². The summed E-state index contributed by atoms with van der Waals surface area (Å²) in [5.74, 6) is 1.67. The van der Waals surface area contributed by atoms with Crippen LogP contribution < -0.4 is 5.32 Å². The highest BCUT2D eigenvalue weighted by atomic mass is 15.1. The van der Waals surface area contributed by atoms with E-state index in [2.05, 4.69) is 55.3 Å². The SMILES string of the molecule is CC(C)(C)C1CCN(CC2CNc3ccccc3C2)CC1. The van der Waals surface area contributed by atoms with Gasteiger partial charge in [-0.1, -0.05) is 39.0 Å². The van der Waals surface area contributed by atoms with Crippen LogP contribution in [0.4, 0.5) is 5.69 Å². The lowest BCUT2D eigenvalue weighted by Gasteiger charge is -2.40. The summed E-state index contributed by atoms with van der Waals surface area (Å²) < 4.78 is 0. The maximum atomic E-state index is 3.61. The topological polar surface area (TPSA) is 15.3 Å². The molecule has 1 fully saturated rings. The second kappa shape index (κ2) is 6.00. The predicted molar refractivity (Wildman–Crippen MR) is 90.7 cm³/mol. The largest absolute Gasteiger partial charge is 0.384 e. The third-order valence-corrected chi connectivity index (χ3v) is 5.44. The quantitative estimate of drug-likeness (QED) is 0.883. The molecule has 1 aromatic carbocycles. The molecule has 0 saturated carbocycles. The third-order valence-electron chi connectivity index (χ3n) is 5.44. The summed E-state index contributed by atoms with van der Waals surface area (Å²) in [4.78, 5) is 2.70. The molecule has 1 aromatic rings. The zero-order valence-corrected chi connectivity index (χ0v) is 13.9. The van der Waals surface area contributed by atoms with E-state index in [9.17, 15) is 0 Å². The van der Waals surface area contributed by atoms with Crippen LogP contribution in [0.1, 0.15) is 39.2 Å². The first-order valence-corrected chi connectivity index (χ1v) is 8.56. The molecular formula is C19H30N2. The van der Waals surface area contributed by atoms with Crippen molar-refractivity contribution in [2.75, 3.05) is 31.5 Å². The van der Waals surface area contributed by atoms with Crippen LogP contribution in [0, 0.1) is 17.3 Å². The van der Waals surface area contributed by atoms with E-state index in [4.69, 9.17) is 0 Å². The maximum absolute atomic E-state index is 3.61. The van der Waals surface area contributed by atoms with E-state index >= 15 is 0 Å². The van der Waals surface area contributed by atoms with E-state index in [1.807, 2.05) is 0 Å². The Labute approximate surface area is 129 Å². The van der Waals surface area contributed by atoms with Gasteiger partial charge in [0.05, 0.1) is 0 Å². The number of benzene rings is 1. The number of likely N-dealkylation sites (tertiary alicyclic amines) is 1. The van der Waals surface area contributed by atoms with Crippen molar-refractivity contribution in [1.29, 1.82) is 0 Å². The van der Waals surface area contributed by atoms with Crippen molar-refractivity contribution in [1.82, 2.24) is 4.90 Å². The molecule has 116 valence electrons. The molecule has 1 atom stereocenters. The Morgan fingerprint density at radius 3 is 2.57 bits per heavy atom. The van der Waals surface area contributed by atoms with Gasteiger partial charge in [0.25, 0.3) is 0 Å². The van der Waals surface area contributed by atoms with Crippen LogP contribution >= 0.6 is 0 Å². The molecule has 0 radical (unpaired) electrons. The Balaban J connectivity index is 1.51. The van der Waals surface area contributed by atoms with Gasteiger partial charge in [0.1, 0.15) is 0 Å². The number of hydrogen-bond acceptors (Lipinski definition) is 2. The zero-order valence-electron chi connectivity index (χ0n) is 13.9. The minimum absolute atomic E-state index is 0.484. The van der Waals surface area contributed by atoms with Crippen molar-refractivity contribution in [3.8, 4) is 0 Å². The van der Waals surface area contributed by atoms with Crippen LogP contribution in [-0.4, -0.2) is 31.1 Å². The van der Waals surface area contributed by atoms with Gasteiger partial charge >= 0.3 is 0 Å². The van der Waals surface area contributed by atoms with Crippen LogP contribution in [0.25, 0.3) is 0 Å². The zero-order chi connectivity index (χ0) is 14.9. The lowest BCUT2D eigenvalue weighted by Crippen LogP contribution is -2.42. The monoisotopic (exact) mass is 286 g/mol. The number of nitrogens with zero attached hydrogens (tertiary/aromatic N) is 1. The van der Waals surface area contributed by atoms with E-state index in [-0.39, 0.29) is 0 Å². The molecular weight excluding hydrogens is 256 g/mol. The molecule has 2 aliphatic heterocycles. The molecule has 1 saturated heterocycles. The number of anilines is 1. The second-order valence-electron chi connectivity index (χ2n) is 8.05. The average molecular weight is 286 g/mol. The molecule has 2 heteroatoms. The fourth-order valence-corrected chi connectivity index (χ4v) is 3.98. The Bertz CT molecular complexity index is 467. The van der Waals surface area contributed by atoms with Crippen LogP contribution in [0.3, 0.4) is 0 Å². The first-order valence-electron chi connectivity index (χ1n) is 8.56. The fraction of sp³-hybridized carbons (Fsp3) is 0.684. The smallest absolute Gasteiger partial charge is 0.0372 e. The van der Waals surface area contributed by atoms with Crippen LogP contribution in [-0.2, 0) is 6.42 Å². The van der Waals surface area contributed by atoms with Gasteiger partial charge in [0.15, 0.2) is 0 Å². The Kier molecular flexibility index (Phi) is 4.26. The highest BCUT2D eigenvalue weighted by Gasteiger charge is 2.30. The summed E-state index contributed by atoms with van der Waals surface area (Å²) in [6, 6.07) is 8.78. The van der Waals surface area contributed by atoms with Gasteiger partial charge in [-0.15, -0.1) is 0 Å². The van der Waals surface area contributed by atoms with Crippen molar-refractivity contribution < 1.29 is 0 Å². The molecule has 3 rings (SSSR count). The number of fused-ring (bicyclic) bond motifs is 1. The van der Waals surface area contributed by atoms with Gasteiger partial charge < -0.3 is 10.2 Å². The number of nitrogens with one attached hydrogen (secondary N) is 1. The average Bonchev–Trinajstić information content (AvgIpc) is 2.47. The van der Waals surface area contributed by atoms with Crippen molar-refractivity contribution >= 4 is 5.69 Å². The summed E-state index contributed by atoms with van der Waals surface area (Å²) in [5, 5.41) is 3.61. The summed E-state index contributed by atoms with van der Waals surface area (Å²) in [7, 11) is 0. The van der Waals surface area contributed by atoms with Gasteiger partial charge in [-0.05, 0) is 61.2 Å². The molecule has 2 aliphatic rings. The van der Waals surface area contributed by atoms with Gasteiger partial charge in [0, 0.05) is 18.8 Å². The Morgan fingerprint density at radius 2 is 1.86 bits per heavy atom. The molecule has 1 unspecified atom stereocenters. The fourth-order valence-electron chi connectivity index (χ4n) is 3.98. The summed E-state index contributed by atoms with van der Waals surface area (Å²) in [6.07, 6.45) is 3.99. The van der Waals surface area contributed by atoms with Crippen LogP contribution in [0.2, 0.25) is 0 Å². The molecule has 2 nitrogen and oxygen atoms in total. The third kappa shape index (κ3) is 3.60. The first-order chi connectivity index (χ1) is 10.0. The number of piperidine rings is 1. The predicted octanol–water partition coefficient (Wildman–Crippen LogP) is 4.03.